The van der Waals surface area contributed by atoms with Crippen LogP contribution in [0.2, 0.25) is 5.02 Å². The third-order valence-electron chi connectivity index (χ3n) is 3.96. The number of anilines is 2. The molecule has 0 radical (unpaired) electrons. The van der Waals surface area contributed by atoms with Gasteiger partial charge in [-0.25, -0.2) is 8.42 Å². The van der Waals surface area contributed by atoms with E-state index in [1.165, 1.54) is 4.31 Å². The molecule has 1 aliphatic rings. The number of nitrogens with one attached hydrogen (secondary N) is 1. The maximum atomic E-state index is 12.4. The summed E-state index contributed by atoms with van der Waals surface area (Å²) in [5.74, 6) is -0.131. The number of aryl methyl sites for hydroxylation is 1. The topological polar surface area (TPSA) is 66.5 Å². The number of rotatable bonds is 3. The molecule has 0 bridgehead atoms. The molecule has 1 amide bonds. The van der Waals surface area contributed by atoms with Gasteiger partial charge in [-0.2, -0.15) is 0 Å². The SMILES string of the molecule is Cc1ccccc1C(=O)Nc1ccc(Cl)c(N2CCCS2(=O)=O)c1. The first kappa shape index (κ1) is 16.8. The fourth-order valence-corrected chi connectivity index (χ4v) is 4.56. The minimum atomic E-state index is -3.33. The number of carbonyl (C=O) groups is 1. The van der Waals surface area contributed by atoms with Crippen molar-refractivity contribution in [3.05, 3.63) is 58.6 Å². The molecule has 0 unspecified atom stereocenters. The third kappa shape index (κ3) is 3.25. The Balaban J connectivity index is 1.89. The van der Waals surface area contributed by atoms with Crippen LogP contribution in [0, 0.1) is 6.92 Å². The molecule has 0 atom stereocenters. The molecule has 2 aromatic carbocycles. The van der Waals surface area contributed by atoms with E-state index in [9.17, 15) is 13.2 Å². The Kier molecular flexibility index (Phi) is 4.51. The van der Waals surface area contributed by atoms with Gasteiger partial charge < -0.3 is 5.32 Å². The lowest BCUT2D eigenvalue weighted by Crippen LogP contribution is -2.25. The molecule has 1 fully saturated rings. The number of nitrogens with zero attached hydrogens (tertiary/aromatic N) is 1. The minimum absolute atomic E-state index is 0.114. The van der Waals surface area contributed by atoms with Crippen molar-refractivity contribution in [3.8, 4) is 0 Å². The van der Waals surface area contributed by atoms with Gasteiger partial charge in [0.15, 0.2) is 0 Å². The molecule has 126 valence electrons. The van der Waals surface area contributed by atoms with Gasteiger partial charge in [0.1, 0.15) is 0 Å². The van der Waals surface area contributed by atoms with Gasteiger partial charge in [0.2, 0.25) is 10.0 Å². The van der Waals surface area contributed by atoms with Crippen LogP contribution in [0.1, 0.15) is 22.3 Å². The number of benzene rings is 2. The second-order valence-electron chi connectivity index (χ2n) is 5.68. The highest BCUT2D eigenvalue weighted by Gasteiger charge is 2.30. The predicted molar refractivity (Wildman–Crippen MR) is 96.3 cm³/mol. The van der Waals surface area contributed by atoms with Crippen molar-refractivity contribution in [1.82, 2.24) is 0 Å². The fourth-order valence-electron chi connectivity index (χ4n) is 2.72. The Hall–Kier alpha value is -2.05. The molecule has 24 heavy (non-hydrogen) atoms. The summed E-state index contributed by atoms with van der Waals surface area (Å²) in [5.41, 5.74) is 2.34. The van der Waals surface area contributed by atoms with E-state index in [1.54, 1.807) is 30.3 Å². The normalized spacial score (nSPS) is 16.2. The number of hydrogen-bond donors (Lipinski definition) is 1. The monoisotopic (exact) mass is 364 g/mol. The van der Waals surface area contributed by atoms with Gasteiger partial charge in [0, 0.05) is 17.8 Å². The summed E-state index contributed by atoms with van der Waals surface area (Å²) < 4.78 is 25.5. The summed E-state index contributed by atoms with van der Waals surface area (Å²) in [6.45, 7) is 2.26. The average molecular weight is 365 g/mol. The Morgan fingerprint density at radius 2 is 1.96 bits per heavy atom. The first-order valence-electron chi connectivity index (χ1n) is 7.55. The van der Waals surface area contributed by atoms with Crippen molar-refractivity contribution < 1.29 is 13.2 Å². The molecule has 1 aliphatic heterocycles. The minimum Gasteiger partial charge on any atom is -0.322 e. The standard InChI is InChI=1S/C17H17ClN2O3S/c1-12-5-2-3-6-14(12)17(21)19-13-7-8-15(18)16(11-13)20-9-4-10-24(20,22)23/h2-3,5-8,11H,4,9-10H2,1H3,(H,19,21). The lowest BCUT2D eigenvalue weighted by Gasteiger charge is -2.19. The molecule has 3 rings (SSSR count). The van der Waals surface area contributed by atoms with Gasteiger partial charge in [-0.3, -0.25) is 9.10 Å². The summed E-state index contributed by atoms with van der Waals surface area (Å²) in [6, 6.07) is 12.1. The molecular weight excluding hydrogens is 348 g/mol. The van der Waals surface area contributed by atoms with Crippen LogP contribution in [0.5, 0.6) is 0 Å². The number of hydrogen-bond acceptors (Lipinski definition) is 3. The molecular formula is C17H17ClN2O3S. The summed E-state index contributed by atoms with van der Waals surface area (Å²) in [5, 5.41) is 3.14. The van der Waals surface area contributed by atoms with Crippen LogP contribution in [0.3, 0.4) is 0 Å². The van der Waals surface area contributed by atoms with Gasteiger partial charge in [-0.15, -0.1) is 0 Å². The molecule has 2 aromatic rings. The quantitative estimate of drug-likeness (QED) is 0.907. The van der Waals surface area contributed by atoms with E-state index in [0.29, 0.717) is 34.9 Å². The maximum Gasteiger partial charge on any atom is 0.255 e. The highest BCUT2D eigenvalue weighted by Crippen LogP contribution is 2.33. The lowest BCUT2D eigenvalue weighted by molar-refractivity contribution is 0.102. The first-order valence-corrected chi connectivity index (χ1v) is 9.54. The van der Waals surface area contributed by atoms with E-state index < -0.39 is 10.0 Å². The zero-order chi connectivity index (χ0) is 17.3. The highest BCUT2D eigenvalue weighted by molar-refractivity contribution is 7.93. The van der Waals surface area contributed by atoms with Crippen LogP contribution in [-0.4, -0.2) is 26.6 Å². The third-order valence-corrected chi connectivity index (χ3v) is 6.14. The van der Waals surface area contributed by atoms with Crippen LogP contribution in [0.15, 0.2) is 42.5 Å². The van der Waals surface area contributed by atoms with Crippen LogP contribution in [0.4, 0.5) is 11.4 Å². The number of amides is 1. The summed E-state index contributed by atoms with van der Waals surface area (Å²) in [4.78, 5) is 12.4. The second kappa shape index (κ2) is 6.45. The first-order chi connectivity index (χ1) is 11.4. The Labute approximate surface area is 146 Å². The van der Waals surface area contributed by atoms with E-state index in [4.69, 9.17) is 11.6 Å². The van der Waals surface area contributed by atoms with E-state index in [-0.39, 0.29) is 11.7 Å². The van der Waals surface area contributed by atoms with Crippen LogP contribution in [-0.2, 0) is 10.0 Å². The lowest BCUT2D eigenvalue weighted by atomic mass is 10.1. The molecule has 1 saturated heterocycles. The van der Waals surface area contributed by atoms with Gasteiger partial charge in [0.05, 0.1) is 16.5 Å². The van der Waals surface area contributed by atoms with E-state index in [1.807, 2.05) is 19.1 Å². The smallest absolute Gasteiger partial charge is 0.255 e. The van der Waals surface area contributed by atoms with Crippen LogP contribution >= 0.6 is 11.6 Å². The van der Waals surface area contributed by atoms with Gasteiger partial charge >= 0.3 is 0 Å². The van der Waals surface area contributed by atoms with Crippen LogP contribution < -0.4 is 9.62 Å². The Bertz CT molecular complexity index is 896. The van der Waals surface area contributed by atoms with Crippen LogP contribution in [0.25, 0.3) is 0 Å². The highest BCUT2D eigenvalue weighted by atomic mass is 35.5. The maximum absolute atomic E-state index is 12.4. The van der Waals surface area contributed by atoms with E-state index in [2.05, 4.69) is 5.32 Å². The fraction of sp³-hybridized carbons (Fsp3) is 0.235. The Morgan fingerprint density at radius 1 is 1.21 bits per heavy atom. The van der Waals surface area contributed by atoms with Crippen molar-refractivity contribution in [2.24, 2.45) is 0 Å². The largest absolute Gasteiger partial charge is 0.322 e. The molecule has 1 N–H and O–H groups in total. The molecule has 7 heteroatoms. The molecule has 5 nitrogen and oxygen atoms in total. The van der Waals surface area contributed by atoms with Crippen molar-refractivity contribution >= 4 is 38.9 Å². The second-order valence-corrected chi connectivity index (χ2v) is 8.10. The van der Waals surface area contributed by atoms with Gasteiger partial charge in [-0.05, 0) is 43.2 Å². The average Bonchev–Trinajstić information content (AvgIpc) is 2.89. The van der Waals surface area contributed by atoms with Crippen molar-refractivity contribution in [3.63, 3.8) is 0 Å². The number of sulfonamides is 1. The zero-order valence-corrected chi connectivity index (χ0v) is 14.7. The van der Waals surface area contributed by atoms with Gasteiger partial charge in [0.25, 0.3) is 5.91 Å². The van der Waals surface area contributed by atoms with E-state index in [0.717, 1.165) is 5.56 Å². The summed E-state index contributed by atoms with van der Waals surface area (Å²) >= 11 is 6.16. The number of halogens is 1. The van der Waals surface area contributed by atoms with Crippen molar-refractivity contribution in [2.45, 2.75) is 13.3 Å². The molecule has 0 saturated carbocycles. The molecule has 0 aromatic heterocycles. The summed E-state index contributed by atoms with van der Waals surface area (Å²) in [6.07, 6.45) is 0.568. The van der Waals surface area contributed by atoms with Crippen molar-refractivity contribution in [1.29, 1.82) is 0 Å². The zero-order valence-electron chi connectivity index (χ0n) is 13.1. The molecule has 1 heterocycles. The molecule has 0 spiro atoms. The Morgan fingerprint density at radius 3 is 2.62 bits per heavy atom. The predicted octanol–water partition coefficient (Wildman–Crippen LogP) is 3.44. The molecule has 0 aliphatic carbocycles. The van der Waals surface area contributed by atoms with Crippen molar-refractivity contribution in [2.75, 3.05) is 21.9 Å². The van der Waals surface area contributed by atoms with Gasteiger partial charge in [-0.1, -0.05) is 29.8 Å². The number of carbonyl (C=O) groups excluding carboxylic acids is 1. The summed E-state index contributed by atoms with van der Waals surface area (Å²) in [7, 11) is -3.33. The van der Waals surface area contributed by atoms with E-state index >= 15 is 0 Å².